The van der Waals surface area contributed by atoms with Crippen LogP contribution in [0.5, 0.6) is 0 Å². The van der Waals surface area contributed by atoms with Crippen molar-refractivity contribution in [1.82, 2.24) is 0 Å². The van der Waals surface area contributed by atoms with E-state index in [-0.39, 0.29) is 0 Å². The molecular weight excluding hydrogens is 216 g/mol. The van der Waals surface area contributed by atoms with Crippen LogP contribution in [0, 0.1) is 11.3 Å². The Labute approximate surface area is 96.5 Å². The maximum Gasteiger partial charge on any atom is 0.0991 e. The summed E-state index contributed by atoms with van der Waals surface area (Å²) in [5.41, 5.74) is 7.23. The zero-order valence-corrected chi connectivity index (χ0v) is 9.21. The van der Waals surface area contributed by atoms with E-state index in [4.69, 9.17) is 11.0 Å². The molecule has 16 heavy (non-hydrogen) atoms. The zero-order chi connectivity index (χ0) is 11.1. The normalized spacial score (nSPS) is 10.7. The van der Waals surface area contributed by atoms with Gasteiger partial charge in [0.25, 0.3) is 0 Å². The van der Waals surface area contributed by atoms with E-state index in [2.05, 4.69) is 6.07 Å². The Morgan fingerprint density at radius 1 is 1.00 bits per heavy atom. The molecule has 3 rings (SSSR count). The van der Waals surface area contributed by atoms with Crippen molar-refractivity contribution in [3.8, 4) is 6.07 Å². The van der Waals surface area contributed by atoms with Crippen LogP contribution in [0.15, 0.2) is 36.4 Å². The first-order valence-electron chi connectivity index (χ1n) is 4.90. The zero-order valence-electron chi connectivity index (χ0n) is 8.40. The summed E-state index contributed by atoms with van der Waals surface area (Å²) in [6, 6.07) is 13.8. The van der Waals surface area contributed by atoms with Gasteiger partial charge in [-0.05, 0) is 30.3 Å². The summed E-state index contributed by atoms with van der Waals surface area (Å²) in [7, 11) is 0. The van der Waals surface area contributed by atoms with Gasteiger partial charge in [0.2, 0.25) is 0 Å². The molecule has 0 amide bonds. The Bertz CT molecular complexity index is 735. The second-order valence-electron chi connectivity index (χ2n) is 3.68. The van der Waals surface area contributed by atoms with E-state index in [1.54, 1.807) is 11.3 Å². The highest BCUT2D eigenvalue weighted by Crippen LogP contribution is 2.35. The van der Waals surface area contributed by atoms with Crippen LogP contribution in [-0.4, -0.2) is 0 Å². The van der Waals surface area contributed by atoms with Gasteiger partial charge in [0.1, 0.15) is 0 Å². The second-order valence-corrected chi connectivity index (χ2v) is 4.76. The van der Waals surface area contributed by atoms with Gasteiger partial charge in [-0.1, -0.05) is 6.07 Å². The minimum Gasteiger partial charge on any atom is -0.399 e. The van der Waals surface area contributed by atoms with E-state index in [1.807, 2.05) is 36.4 Å². The number of fused-ring (bicyclic) bond motifs is 3. The molecule has 3 aromatic rings. The first-order chi connectivity index (χ1) is 7.78. The molecule has 2 N–H and O–H groups in total. The Morgan fingerprint density at radius 2 is 1.88 bits per heavy atom. The molecule has 0 bridgehead atoms. The Morgan fingerprint density at radius 3 is 2.69 bits per heavy atom. The lowest BCUT2D eigenvalue weighted by atomic mass is 10.1. The third-order valence-electron chi connectivity index (χ3n) is 2.62. The molecule has 1 aromatic heterocycles. The molecule has 0 spiro atoms. The molecule has 2 nitrogen and oxygen atoms in total. The number of hydrogen-bond donors (Lipinski definition) is 1. The van der Waals surface area contributed by atoms with Crippen molar-refractivity contribution in [2.24, 2.45) is 0 Å². The van der Waals surface area contributed by atoms with Crippen molar-refractivity contribution >= 4 is 37.2 Å². The molecule has 0 unspecified atom stereocenters. The van der Waals surface area contributed by atoms with E-state index >= 15 is 0 Å². The fraction of sp³-hybridized carbons (Fsp3) is 0. The topological polar surface area (TPSA) is 49.8 Å². The molecule has 3 heteroatoms. The number of nitrogens with zero attached hydrogens (tertiary/aromatic N) is 1. The summed E-state index contributed by atoms with van der Waals surface area (Å²) < 4.78 is 2.37. The van der Waals surface area contributed by atoms with Gasteiger partial charge < -0.3 is 5.73 Å². The quantitative estimate of drug-likeness (QED) is 0.594. The van der Waals surface area contributed by atoms with Crippen molar-refractivity contribution < 1.29 is 0 Å². The summed E-state index contributed by atoms with van der Waals surface area (Å²) in [6.45, 7) is 0. The molecule has 1 heterocycles. The Balaban J connectivity index is 2.48. The number of anilines is 1. The summed E-state index contributed by atoms with van der Waals surface area (Å²) in [5, 5.41) is 11.2. The SMILES string of the molecule is N#Cc1ccc2sc3cc(N)ccc3c2c1. The molecule has 0 aliphatic rings. The lowest BCUT2D eigenvalue weighted by Gasteiger charge is -1.93. The Kier molecular flexibility index (Phi) is 1.85. The van der Waals surface area contributed by atoms with Crippen LogP contribution in [0.2, 0.25) is 0 Å². The monoisotopic (exact) mass is 224 g/mol. The summed E-state index contributed by atoms with van der Waals surface area (Å²) in [5.74, 6) is 0. The van der Waals surface area contributed by atoms with Crippen LogP contribution in [0.4, 0.5) is 5.69 Å². The number of nitrogen functional groups attached to an aromatic ring is 1. The lowest BCUT2D eigenvalue weighted by Crippen LogP contribution is -1.81. The molecule has 0 fully saturated rings. The van der Waals surface area contributed by atoms with Crippen molar-refractivity contribution in [3.63, 3.8) is 0 Å². The molecule has 0 saturated heterocycles. The van der Waals surface area contributed by atoms with Gasteiger partial charge in [-0.3, -0.25) is 0 Å². The average Bonchev–Trinajstić information content (AvgIpc) is 2.65. The average molecular weight is 224 g/mol. The van der Waals surface area contributed by atoms with Crippen LogP contribution in [0.1, 0.15) is 5.56 Å². The highest BCUT2D eigenvalue weighted by Gasteiger charge is 2.05. The van der Waals surface area contributed by atoms with Crippen LogP contribution in [0.3, 0.4) is 0 Å². The van der Waals surface area contributed by atoms with Gasteiger partial charge in [0.05, 0.1) is 11.6 Å². The number of rotatable bonds is 0. The van der Waals surface area contributed by atoms with E-state index in [1.165, 1.54) is 14.8 Å². The molecule has 0 atom stereocenters. The predicted molar refractivity (Wildman–Crippen MR) is 68.5 cm³/mol. The van der Waals surface area contributed by atoms with Gasteiger partial charge in [-0.15, -0.1) is 11.3 Å². The highest BCUT2D eigenvalue weighted by atomic mass is 32.1. The second kappa shape index (κ2) is 3.22. The van der Waals surface area contributed by atoms with Crippen molar-refractivity contribution in [1.29, 1.82) is 5.26 Å². The van der Waals surface area contributed by atoms with E-state index in [0.29, 0.717) is 5.56 Å². The molecule has 0 aliphatic carbocycles. The lowest BCUT2D eigenvalue weighted by molar-refractivity contribution is 1.50. The fourth-order valence-electron chi connectivity index (χ4n) is 1.86. The molecule has 2 aromatic carbocycles. The minimum absolute atomic E-state index is 0.698. The summed E-state index contributed by atoms with van der Waals surface area (Å²) in [6.07, 6.45) is 0. The van der Waals surface area contributed by atoms with E-state index in [9.17, 15) is 0 Å². The molecular formula is C13H8N2S. The summed E-state index contributed by atoms with van der Waals surface area (Å²) >= 11 is 1.71. The number of thiophene rings is 1. The first-order valence-corrected chi connectivity index (χ1v) is 5.71. The highest BCUT2D eigenvalue weighted by molar-refractivity contribution is 7.25. The maximum absolute atomic E-state index is 8.88. The largest absolute Gasteiger partial charge is 0.399 e. The van der Waals surface area contributed by atoms with Crippen LogP contribution < -0.4 is 5.73 Å². The number of nitriles is 1. The van der Waals surface area contributed by atoms with Crippen molar-refractivity contribution in [2.45, 2.75) is 0 Å². The van der Waals surface area contributed by atoms with Crippen LogP contribution in [-0.2, 0) is 0 Å². The molecule has 0 radical (unpaired) electrons. The fourth-order valence-corrected chi connectivity index (χ4v) is 3.00. The van der Waals surface area contributed by atoms with Crippen LogP contribution in [0.25, 0.3) is 20.2 Å². The number of benzene rings is 2. The minimum atomic E-state index is 0.698. The Hall–Kier alpha value is -2.05. The third-order valence-corrected chi connectivity index (χ3v) is 3.76. The molecule has 0 aliphatic heterocycles. The first kappa shape index (κ1) is 9.20. The van der Waals surface area contributed by atoms with Crippen molar-refractivity contribution in [2.75, 3.05) is 5.73 Å². The van der Waals surface area contributed by atoms with Crippen LogP contribution >= 0.6 is 11.3 Å². The van der Waals surface area contributed by atoms with Gasteiger partial charge in [-0.2, -0.15) is 5.26 Å². The summed E-state index contributed by atoms with van der Waals surface area (Å²) in [4.78, 5) is 0. The number of nitrogens with two attached hydrogens (primary N) is 1. The van der Waals surface area contributed by atoms with Gasteiger partial charge in [0.15, 0.2) is 0 Å². The predicted octanol–water partition coefficient (Wildman–Crippen LogP) is 3.51. The number of hydrogen-bond acceptors (Lipinski definition) is 3. The van der Waals surface area contributed by atoms with E-state index in [0.717, 1.165) is 11.1 Å². The molecule has 0 saturated carbocycles. The van der Waals surface area contributed by atoms with E-state index < -0.39 is 0 Å². The maximum atomic E-state index is 8.88. The van der Waals surface area contributed by atoms with Crippen molar-refractivity contribution in [3.05, 3.63) is 42.0 Å². The smallest absolute Gasteiger partial charge is 0.0991 e. The van der Waals surface area contributed by atoms with Gasteiger partial charge in [-0.25, -0.2) is 0 Å². The van der Waals surface area contributed by atoms with Gasteiger partial charge in [0, 0.05) is 25.9 Å². The standard InChI is InChI=1S/C13H8N2S/c14-7-8-1-4-12-11(5-8)10-3-2-9(15)6-13(10)16-12/h1-6H,15H2. The van der Waals surface area contributed by atoms with Gasteiger partial charge >= 0.3 is 0 Å². The third kappa shape index (κ3) is 1.24. The molecule has 76 valence electrons.